The summed E-state index contributed by atoms with van der Waals surface area (Å²) >= 11 is 6.02. The van der Waals surface area contributed by atoms with Gasteiger partial charge in [0.05, 0.1) is 6.07 Å². The van der Waals surface area contributed by atoms with E-state index in [0.29, 0.717) is 0 Å². The fraction of sp³-hybridized carbons (Fsp3) is 0.889. The van der Waals surface area contributed by atoms with Gasteiger partial charge in [-0.25, -0.2) is 0 Å². The number of nitriles is 1. The van der Waals surface area contributed by atoms with E-state index in [1.165, 1.54) is 6.42 Å². The molecule has 0 aromatic rings. The first kappa shape index (κ1) is 8.87. The summed E-state index contributed by atoms with van der Waals surface area (Å²) in [7, 11) is 0. The Bertz CT molecular complexity index is 163. The van der Waals surface area contributed by atoms with Crippen LogP contribution in [-0.2, 0) is 0 Å². The molecule has 0 atom stereocenters. The van der Waals surface area contributed by atoms with Crippen molar-refractivity contribution < 1.29 is 0 Å². The summed E-state index contributed by atoms with van der Waals surface area (Å²) in [6.45, 7) is 2.21. The van der Waals surface area contributed by atoms with Crippen LogP contribution in [0, 0.1) is 17.2 Å². The largest absolute Gasteiger partial charge is 0.196 e. The summed E-state index contributed by atoms with van der Waals surface area (Å²) in [4.78, 5) is -0.522. The number of halogens is 1. The molecule has 0 aromatic carbocycles. The van der Waals surface area contributed by atoms with Crippen LogP contribution < -0.4 is 0 Å². The van der Waals surface area contributed by atoms with Crippen LogP contribution in [0.5, 0.6) is 0 Å². The smallest absolute Gasteiger partial charge is 0.131 e. The second-order valence-electron chi connectivity index (χ2n) is 3.43. The van der Waals surface area contributed by atoms with E-state index in [9.17, 15) is 0 Å². The number of alkyl halides is 1. The second kappa shape index (κ2) is 3.45. The standard InChI is InChI=1S/C9H14ClN/c1-2-8-3-5-9(10,7-11)6-4-8/h8H,2-6H2,1H3. The maximum Gasteiger partial charge on any atom is 0.131 e. The Morgan fingerprint density at radius 3 is 2.45 bits per heavy atom. The van der Waals surface area contributed by atoms with Gasteiger partial charge >= 0.3 is 0 Å². The van der Waals surface area contributed by atoms with Gasteiger partial charge in [0.1, 0.15) is 4.87 Å². The van der Waals surface area contributed by atoms with Crippen LogP contribution in [0.3, 0.4) is 0 Å². The van der Waals surface area contributed by atoms with Crippen molar-refractivity contribution >= 4 is 11.6 Å². The van der Waals surface area contributed by atoms with Crippen LogP contribution in [0.15, 0.2) is 0 Å². The third-order valence-corrected chi connectivity index (χ3v) is 3.14. The maximum atomic E-state index is 8.73. The van der Waals surface area contributed by atoms with Crippen molar-refractivity contribution in [3.05, 3.63) is 0 Å². The molecule has 1 aliphatic carbocycles. The van der Waals surface area contributed by atoms with Crippen LogP contribution in [0.2, 0.25) is 0 Å². The fourth-order valence-corrected chi connectivity index (χ4v) is 1.87. The molecule has 1 rings (SSSR count). The zero-order valence-electron chi connectivity index (χ0n) is 6.94. The minimum atomic E-state index is -0.522. The highest BCUT2D eigenvalue weighted by molar-refractivity contribution is 6.25. The highest BCUT2D eigenvalue weighted by atomic mass is 35.5. The van der Waals surface area contributed by atoms with Gasteiger partial charge in [0.2, 0.25) is 0 Å². The average molecular weight is 172 g/mol. The van der Waals surface area contributed by atoms with E-state index < -0.39 is 4.87 Å². The molecule has 0 saturated heterocycles. The van der Waals surface area contributed by atoms with Gasteiger partial charge in [0.15, 0.2) is 0 Å². The highest BCUT2D eigenvalue weighted by Crippen LogP contribution is 2.37. The van der Waals surface area contributed by atoms with Crippen molar-refractivity contribution in [1.29, 1.82) is 5.26 Å². The van der Waals surface area contributed by atoms with Crippen molar-refractivity contribution in [2.75, 3.05) is 0 Å². The molecule has 1 aliphatic rings. The monoisotopic (exact) mass is 171 g/mol. The molecular weight excluding hydrogens is 158 g/mol. The fourth-order valence-electron chi connectivity index (χ4n) is 1.66. The van der Waals surface area contributed by atoms with Crippen molar-refractivity contribution in [3.8, 4) is 6.07 Å². The minimum absolute atomic E-state index is 0.522. The summed E-state index contributed by atoms with van der Waals surface area (Å²) in [6.07, 6.45) is 5.26. The molecule has 0 aromatic heterocycles. The quantitative estimate of drug-likeness (QED) is 0.557. The molecule has 0 aliphatic heterocycles. The molecular formula is C9H14ClN. The Morgan fingerprint density at radius 2 is 2.09 bits per heavy atom. The van der Waals surface area contributed by atoms with E-state index in [1.54, 1.807) is 0 Å². The second-order valence-corrected chi connectivity index (χ2v) is 4.15. The van der Waals surface area contributed by atoms with Gasteiger partial charge in [-0.15, -0.1) is 11.6 Å². The first-order valence-corrected chi connectivity index (χ1v) is 4.68. The van der Waals surface area contributed by atoms with Gasteiger partial charge in [0, 0.05) is 0 Å². The van der Waals surface area contributed by atoms with Gasteiger partial charge in [-0.2, -0.15) is 5.26 Å². The van der Waals surface area contributed by atoms with Crippen molar-refractivity contribution in [2.24, 2.45) is 5.92 Å². The topological polar surface area (TPSA) is 23.8 Å². The lowest BCUT2D eigenvalue weighted by molar-refractivity contribution is 0.323. The van der Waals surface area contributed by atoms with Crippen molar-refractivity contribution in [2.45, 2.75) is 43.9 Å². The van der Waals surface area contributed by atoms with Gasteiger partial charge < -0.3 is 0 Å². The number of hydrogen-bond acceptors (Lipinski definition) is 1. The lowest BCUT2D eigenvalue weighted by Crippen LogP contribution is -2.26. The lowest BCUT2D eigenvalue weighted by Gasteiger charge is -2.29. The van der Waals surface area contributed by atoms with E-state index in [-0.39, 0.29) is 0 Å². The lowest BCUT2D eigenvalue weighted by atomic mass is 9.81. The molecule has 0 amide bonds. The molecule has 0 spiro atoms. The SMILES string of the molecule is CCC1CCC(Cl)(C#N)CC1. The first-order chi connectivity index (χ1) is 5.20. The zero-order chi connectivity index (χ0) is 8.32. The summed E-state index contributed by atoms with van der Waals surface area (Å²) < 4.78 is 0. The first-order valence-electron chi connectivity index (χ1n) is 4.30. The van der Waals surface area contributed by atoms with E-state index in [1.807, 2.05) is 0 Å². The van der Waals surface area contributed by atoms with Crippen LogP contribution >= 0.6 is 11.6 Å². The van der Waals surface area contributed by atoms with Crippen LogP contribution in [0.4, 0.5) is 0 Å². The van der Waals surface area contributed by atoms with Crippen LogP contribution in [0.25, 0.3) is 0 Å². The predicted molar refractivity (Wildman–Crippen MR) is 46.4 cm³/mol. The molecule has 0 radical (unpaired) electrons. The number of rotatable bonds is 1. The number of hydrogen-bond donors (Lipinski definition) is 0. The normalized spacial score (nSPS) is 38.1. The van der Waals surface area contributed by atoms with E-state index >= 15 is 0 Å². The Labute approximate surface area is 73.3 Å². The molecule has 1 nitrogen and oxygen atoms in total. The Kier molecular flexibility index (Phi) is 2.78. The Balaban J connectivity index is 2.43. The zero-order valence-corrected chi connectivity index (χ0v) is 7.69. The van der Waals surface area contributed by atoms with Crippen LogP contribution in [-0.4, -0.2) is 4.87 Å². The van der Waals surface area contributed by atoms with Gasteiger partial charge in [-0.3, -0.25) is 0 Å². The van der Waals surface area contributed by atoms with Gasteiger partial charge in [-0.05, 0) is 31.6 Å². The average Bonchev–Trinajstić information content (AvgIpc) is 2.06. The third kappa shape index (κ3) is 2.10. The Morgan fingerprint density at radius 1 is 1.55 bits per heavy atom. The summed E-state index contributed by atoms with van der Waals surface area (Å²) in [5.41, 5.74) is 0. The van der Waals surface area contributed by atoms with E-state index in [2.05, 4.69) is 13.0 Å². The van der Waals surface area contributed by atoms with E-state index in [4.69, 9.17) is 16.9 Å². The van der Waals surface area contributed by atoms with E-state index in [0.717, 1.165) is 31.6 Å². The predicted octanol–water partition coefficient (Wildman–Crippen LogP) is 3.09. The molecule has 0 heterocycles. The molecule has 0 unspecified atom stereocenters. The molecule has 2 heteroatoms. The summed E-state index contributed by atoms with van der Waals surface area (Å²) in [6, 6.07) is 2.19. The van der Waals surface area contributed by atoms with Gasteiger partial charge in [0.25, 0.3) is 0 Å². The molecule has 0 bridgehead atoms. The van der Waals surface area contributed by atoms with Gasteiger partial charge in [-0.1, -0.05) is 13.3 Å². The van der Waals surface area contributed by atoms with Crippen LogP contribution in [0.1, 0.15) is 39.0 Å². The molecule has 11 heavy (non-hydrogen) atoms. The summed E-state index contributed by atoms with van der Waals surface area (Å²) in [5.74, 6) is 0.815. The highest BCUT2D eigenvalue weighted by Gasteiger charge is 2.32. The summed E-state index contributed by atoms with van der Waals surface area (Å²) in [5, 5.41) is 8.73. The minimum Gasteiger partial charge on any atom is -0.196 e. The van der Waals surface area contributed by atoms with Crippen molar-refractivity contribution in [1.82, 2.24) is 0 Å². The molecule has 0 N–H and O–H groups in total. The van der Waals surface area contributed by atoms with Crippen molar-refractivity contribution in [3.63, 3.8) is 0 Å². The number of nitrogens with zero attached hydrogens (tertiary/aromatic N) is 1. The third-order valence-electron chi connectivity index (χ3n) is 2.68. The maximum absolute atomic E-state index is 8.73. The Hall–Kier alpha value is -0.220. The molecule has 62 valence electrons. The molecule has 1 saturated carbocycles. The molecule has 1 fully saturated rings.